The van der Waals surface area contributed by atoms with Crippen molar-refractivity contribution in [1.82, 2.24) is 0 Å². The fourth-order valence-electron chi connectivity index (χ4n) is 2.24. The van der Waals surface area contributed by atoms with Crippen molar-refractivity contribution in [3.05, 3.63) is 24.2 Å². The van der Waals surface area contributed by atoms with Crippen LogP contribution in [0.1, 0.15) is 45.2 Å². The SMILES string of the molecule is CCCC1(CC)COC(c2ccco2)OC1. The van der Waals surface area contributed by atoms with E-state index in [2.05, 4.69) is 13.8 Å². The van der Waals surface area contributed by atoms with Gasteiger partial charge in [-0.1, -0.05) is 20.3 Å². The van der Waals surface area contributed by atoms with Crippen LogP contribution in [0.25, 0.3) is 0 Å². The van der Waals surface area contributed by atoms with E-state index in [1.165, 1.54) is 6.42 Å². The summed E-state index contributed by atoms with van der Waals surface area (Å²) in [4.78, 5) is 0. The van der Waals surface area contributed by atoms with Gasteiger partial charge >= 0.3 is 0 Å². The molecule has 0 atom stereocenters. The zero-order valence-electron chi connectivity index (χ0n) is 10.1. The molecule has 1 aromatic heterocycles. The minimum Gasteiger partial charge on any atom is -0.464 e. The van der Waals surface area contributed by atoms with Crippen molar-refractivity contribution in [2.24, 2.45) is 5.41 Å². The molecule has 3 nitrogen and oxygen atoms in total. The van der Waals surface area contributed by atoms with E-state index in [1.807, 2.05) is 12.1 Å². The first-order valence-electron chi connectivity index (χ1n) is 6.06. The predicted molar refractivity (Wildman–Crippen MR) is 61.0 cm³/mol. The molecule has 1 aromatic rings. The molecule has 0 radical (unpaired) electrons. The van der Waals surface area contributed by atoms with Gasteiger partial charge in [-0.2, -0.15) is 0 Å². The third-order valence-corrected chi connectivity index (χ3v) is 3.39. The average molecular weight is 224 g/mol. The lowest BCUT2D eigenvalue weighted by atomic mass is 9.82. The Labute approximate surface area is 96.7 Å². The predicted octanol–water partition coefficient (Wildman–Crippen LogP) is 3.52. The number of rotatable bonds is 4. The van der Waals surface area contributed by atoms with Gasteiger partial charge in [0.05, 0.1) is 19.5 Å². The first-order chi connectivity index (χ1) is 7.79. The van der Waals surface area contributed by atoms with Gasteiger partial charge in [0, 0.05) is 5.41 Å². The molecule has 1 aliphatic heterocycles. The summed E-state index contributed by atoms with van der Waals surface area (Å²) < 4.78 is 16.8. The van der Waals surface area contributed by atoms with Crippen molar-refractivity contribution in [1.29, 1.82) is 0 Å². The number of furan rings is 1. The van der Waals surface area contributed by atoms with Crippen LogP contribution in [0.5, 0.6) is 0 Å². The molecule has 0 spiro atoms. The largest absolute Gasteiger partial charge is 0.464 e. The molecule has 2 rings (SSSR count). The standard InChI is InChI=1S/C13H20O3/c1-3-7-13(4-2)9-15-12(16-10-13)11-6-5-8-14-11/h5-6,8,12H,3-4,7,9-10H2,1-2H3. The van der Waals surface area contributed by atoms with E-state index in [1.54, 1.807) is 6.26 Å². The molecule has 1 saturated heterocycles. The van der Waals surface area contributed by atoms with Crippen molar-refractivity contribution in [2.45, 2.75) is 39.4 Å². The van der Waals surface area contributed by atoms with Gasteiger partial charge in [0.1, 0.15) is 0 Å². The molecule has 0 aliphatic carbocycles. The fourth-order valence-corrected chi connectivity index (χ4v) is 2.24. The van der Waals surface area contributed by atoms with Crippen LogP contribution in [-0.2, 0) is 9.47 Å². The Morgan fingerprint density at radius 1 is 1.31 bits per heavy atom. The second-order valence-corrected chi connectivity index (χ2v) is 4.57. The molecule has 2 heterocycles. The summed E-state index contributed by atoms with van der Waals surface area (Å²) in [5, 5.41) is 0. The summed E-state index contributed by atoms with van der Waals surface area (Å²) in [7, 11) is 0. The second-order valence-electron chi connectivity index (χ2n) is 4.57. The molecule has 0 aromatic carbocycles. The first kappa shape index (κ1) is 11.7. The van der Waals surface area contributed by atoms with Gasteiger partial charge in [0.2, 0.25) is 6.29 Å². The van der Waals surface area contributed by atoms with Gasteiger partial charge in [0.25, 0.3) is 0 Å². The third kappa shape index (κ3) is 2.30. The van der Waals surface area contributed by atoms with Crippen LogP contribution in [0.2, 0.25) is 0 Å². The van der Waals surface area contributed by atoms with Crippen molar-refractivity contribution in [2.75, 3.05) is 13.2 Å². The second kappa shape index (κ2) is 5.02. The molecule has 0 amide bonds. The summed E-state index contributed by atoms with van der Waals surface area (Å²) in [5.41, 5.74) is 0.206. The van der Waals surface area contributed by atoms with Crippen molar-refractivity contribution >= 4 is 0 Å². The number of ether oxygens (including phenoxy) is 2. The third-order valence-electron chi connectivity index (χ3n) is 3.39. The molecule has 90 valence electrons. The lowest BCUT2D eigenvalue weighted by molar-refractivity contribution is -0.243. The van der Waals surface area contributed by atoms with Gasteiger partial charge in [-0.3, -0.25) is 0 Å². The Hall–Kier alpha value is -0.800. The molecular weight excluding hydrogens is 204 g/mol. The van der Waals surface area contributed by atoms with Gasteiger partial charge in [-0.15, -0.1) is 0 Å². The molecule has 1 aliphatic rings. The topological polar surface area (TPSA) is 31.6 Å². The molecule has 0 bridgehead atoms. The van der Waals surface area contributed by atoms with Crippen LogP contribution >= 0.6 is 0 Å². The van der Waals surface area contributed by atoms with Crippen molar-refractivity contribution in [3.8, 4) is 0 Å². The smallest absolute Gasteiger partial charge is 0.217 e. The maximum absolute atomic E-state index is 5.77. The molecular formula is C13H20O3. The molecule has 0 saturated carbocycles. The molecule has 0 N–H and O–H groups in total. The zero-order valence-corrected chi connectivity index (χ0v) is 10.1. The minimum atomic E-state index is -0.313. The van der Waals surface area contributed by atoms with E-state index in [-0.39, 0.29) is 11.7 Å². The lowest BCUT2D eigenvalue weighted by Gasteiger charge is -2.38. The Balaban J connectivity index is 1.95. The number of hydrogen-bond donors (Lipinski definition) is 0. The summed E-state index contributed by atoms with van der Waals surface area (Å²) in [6.07, 6.45) is 4.77. The summed E-state index contributed by atoms with van der Waals surface area (Å²) in [6, 6.07) is 3.75. The highest BCUT2D eigenvalue weighted by molar-refractivity contribution is 5.00. The van der Waals surface area contributed by atoms with E-state index in [0.717, 1.165) is 31.8 Å². The van der Waals surface area contributed by atoms with Crippen LogP contribution in [0.4, 0.5) is 0 Å². The summed E-state index contributed by atoms with van der Waals surface area (Å²) >= 11 is 0. The molecule has 1 fully saturated rings. The zero-order chi connectivity index (χ0) is 11.4. The highest BCUT2D eigenvalue weighted by Crippen LogP contribution is 2.37. The highest BCUT2D eigenvalue weighted by atomic mass is 16.7. The minimum absolute atomic E-state index is 0.206. The lowest BCUT2D eigenvalue weighted by Crippen LogP contribution is -2.38. The Morgan fingerprint density at radius 2 is 2.06 bits per heavy atom. The fraction of sp³-hybridized carbons (Fsp3) is 0.692. The number of hydrogen-bond acceptors (Lipinski definition) is 3. The highest BCUT2D eigenvalue weighted by Gasteiger charge is 2.35. The van der Waals surface area contributed by atoms with Crippen LogP contribution in [0, 0.1) is 5.41 Å². The van der Waals surface area contributed by atoms with Gasteiger partial charge < -0.3 is 13.9 Å². The Morgan fingerprint density at radius 3 is 2.56 bits per heavy atom. The monoisotopic (exact) mass is 224 g/mol. The van der Waals surface area contributed by atoms with E-state index < -0.39 is 0 Å². The van der Waals surface area contributed by atoms with E-state index in [9.17, 15) is 0 Å². The van der Waals surface area contributed by atoms with Crippen molar-refractivity contribution < 1.29 is 13.9 Å². The average Bonchev–Trinajstić information content (AvgIpc) is 2.84. The first-order valence-corrected chi connectivity index (χ1v) is 6.06. The maximum atomic E-state index is 5.77. The summed E-state index contributed by atoms with van der Waals surface area (Å²) in [6.45, 7) is 5.94. The van der Waals surface area contributed by atoms with E-state index >= 15 is 0 Å². The van der Waals surface area contributed by atoms with Crippen molar-refractivity contribution in [3.63, 3.8) is 0 Å². The van der Waals surface area contributed by atoms with E-state index in [4.69, 9.17) is 13.9 Å². The maximum Gasteiger partial charge on any atom is 0.217 e. The molecule has 3 heteroatoms. The molecule has 0 unspecified atom stereocenters. The quantitative estimate of drug-likeness (QED) is 0.784. The van der Waals surface area contributed by atoms with Gasteiger partial charge in [0.15, 0.2) is 5.76 Å². The van der Waals surface area contributed by atoms with Gasteiger partial charge in [-0.25, -0.2) is 0 Å². The summed E-state index contributed by atoms with van der Waals surface area (Å²) in [5.74, 6) is 0.765. The van der Waals surface area contributed by atoms with Crippen LogP contribution in [0.15, 0.2) is 22.8 Å². The Kier molecular flexibility index (Phi) is 3.66. The normalized spacial score (nSPS) is 30.5. The Bertz CT molecular complexity index is 297. The molecule has 16 heavy (non-hydrogen) atoms. The van der Waals surface area contributed by atoms with E-state index in [0.29, 0.717) is 0 Å². The van der Waals surface area contributed by atoms with Crippen LogP contribution in [0.3, 0.4) is 0 Å². The van der Waals surface area contributed by atoms with Crippen LogP contribution in [-0.4, -0.2) is 13.2 Å². The van der Waals surface area contributed by atoms with Crippen LogP contribution < -0.4 is 0 Å². The van der Waals surface area contributed by atoms with Gasteiger partial charge in [-0.05, 0) is 25.0 Å².